The number of para-hydroxylation sites is 1. The first kappa shape index (κ1) is 17.3. The number of amides is 1. The van der Waals surface area contributed by atoms with Gasteiger partial charge in [0.25, 0.3) is 11.6 Å². The number of aryl methyl sites for hydroxylation is 1. The Kier molecular flexibility index (Phi) is 5.36. The Labute approximate surface area is 139 Å². The summed E-state index contributed by atoms with van der Waals surface area (Å²) < 4.78 is 10.8. The van der Waals surface area contributed by atoms with Crippen LogP contribution < -0.4 is 14.8 Å². The number of hydrogen-bond acceptors (Lipinski definition) is 5. The second-order valence-electron chi connectivity index (χ2n) is 5.16. The maximum Gasteiger partial charge on any atom is 0.271 e. The fourth-order valence-corrected chi connectivity index (χ4v) is 2.07. The van der Waals surface area contributed by atoms with Gasteiger partial charge in [0, 0.05) is 12.1 Å². The van der Waals surface area contributed by atoms with Crippen LogP contribution in [0.15, 0.2) is 42.5 Å². The lowest BCUT2D eigenvalue weighted by molar-refractivity contribution is -0.384. The minimum atomic E-state index is -0.782. The van der Waals surface area contributed by atoms with E-state index in [0.29, 0.717) is 11.5 Å². The first-order chi connectivity index (χ1) is 11.4. The molecule has 2 aromatic rings. The van der Waals surface area contributed by atoms with Gasteiger partial charge in [-0.2, -0.15) is 0 Å². The number of nitro benzene ring substituents is 1. The number of non-ortho nitro benzene ring substituents is 1. The van der Waals surface area contributed by atoms with Crippen molar-refractivity contribution in [2.45, 2.75) is 20.0 Å². The molecule has 0 saturated heterocycles. The molecule has 0 aliphatic heterocycles. The van der Waals surface area contributed by atoms with Gasteiger partial charge in [-0.05, 0) is 31.5 Å². The first-order valence-corrected chi connectivity index (χ1v) is 7.28. The average molecular weight is 330 g/mol. The van der Waals surface area contributed by atoms with Crippen LogP contribution in [-0.2, 0) is 4.79 Å². The number of carbonyl (C=O) groups is 1. The Hall–Kier alpha value is -3.09. The molecule has 0 aromatic heterocycles. The lowest BCUT2D eigenvalue weighted by atomic mass is 10.2. The predicted molar refractivity (Wildman–Crippen MR) is 89.5 cm³/mol. The number of carbonyl (C=O) groups excluding carboxylic acids is 1. The number of rotatable bonds is 6. The van der Waals surface area contributed by atoms with Crippen molar-refractivity contribution in [2.75, 3.05) is 12.4 Å². The molecule has 24 heavy (non-hydrogen) atoms. The number of methoxy groups -OCH3 is 1. The van der Waals surface area contributed by atoms with Gasteiger partial charge >= 0.3 is 0 Å². The number of hydrogen-bond donors (Lipinski definition) is 1. The molecule has 0 radical (unpaired) electrons. The summed E-state index contributed by atoms with van der Waals surface area (Å²) in [5.74, 6) is 0.500. The number of nitrogens with one attached hydrogen (secondary N) is 1. The number of nitro groups is 1. The molecule has 1 N–H and O–H groups in total. The molecule has 0 heterocycles. The van der Waals surface area contributed by atoms with Gasteiger partial charge in [-0.1, -0.05) is 18.2 Å². The van der Waals surface area contributed by atoms with Crippen LogP contribution in [0.1, 0.15) is 12.5 Å². The van der Waals surface area contributed by atoms with Crippen molar-refractivity contribution < 1.29 is 19.2 Å². The molecule has 1 amide bonds. The van der Waals surface area contributed by atoms with Gasteiger partial charge in [-0.3, -0.25) is 14.9 Å². The van der Waals surface area contributed by atoms with Crippen molar-refractivity contribution in [1.29, 1.82) is 0 Å². The Balaban J connectivity index is 2.15. The van der Waals surface area contributed by atoms with E-state index < -0.39 is 16.9 Å². The Morgan fingerprint density at radius 3 is 2.54 bits per heavy atom. The van der Waals surface area contributed by atoms with E-state index in [1.165, 1.54) is 25.3 Å². The molecule has 2 aromatic carbocycles. The van der Waals surface area contributed by atoms with E-state index in [9.17, 15) is 14.9 Å². The highest BCUT2D eigenvalue weighted by Crippen LogP contribution is 2.29. The van der Waals surface area contributed by atoms with E-state index in [1.807, 2.05) is 25.1 Å². The van der Waals surface area contributed by atoms with E-state index in [-0.39, 0.29) is 11.4 Å². The van der Waals surface area contributed by atoms with Gasteiger partial charge < -0.3 is 14.8 Å². The maximum absolute atomic E-state index is 12.3. The predicted octanol–water partition coefficient (Wildman–Crippen LogP) is 3.32. The lowest BCUT2D eigenvalue weighted by Crippen LogP contribution is -2.30. The molecular weight excluding hydrogens is 312 g/mol. The van der Waals surface area contributed by atoms with Gasteiger partial charge in [0.05, 0.1) is 17.7 Å². The molecule has 0 aliphatic carbocycles. The summed E-state index contributed by atoms with van der Waals surface area (Å²) in [6.45, 7) is 3.48. The highest BCUT2D eigenvalue weighted by atomic mass is 16.6. The van der Waals surface area contributed by atoms with Gasteiger partial charge in [0.2, 0.25) is 0 Å². The van der Waals surface area contributed by atoms with Crippen LogP contribution in [0.5, 0.6) is 11.5 Å². The Bertz CT molecular complexity index is 760. The smallest absolute Gasteiger partial charge is 0.271 e. The summed E-state index contributed by atoms with van der Waals surface area (Å²) in [5.41, 5.74) is 0.987. The average Bonchev–Trinajstić information content (AvgIpc) is 2.56. The molecule has 7 heteroatoms. The van der Waals surface area contributed by atoms with Crippen LogP contribution >= 0.6 is 0 Å². The molecule has 0 aliphatic rings. The van der Waals surface area contributed by atoms with Crippen LogP contribution in [0.3, 0.4) is 0 Å². The van der Waals surface area contributed by atoms with E-state index in [1.54, 1.807) is 13.0 Å². The molecule has 0 saturated carbocycles. The number of ether oxygens (including phenoxy) is 2. The van der Waals surface area contributed by atoms with Crippen molar-refractivity contribution in [1.82, 2.24) is 0 Å². The lowest BCUT2D eigenvalue weighted by Gasteiger charge is -2.17. The third-order valence-corrected chi connectivity index (χ3v) is 3.42. The monoisotopic (exact) mass is 330 g/mol. The fourth-order valence-electron chi connectivity index (χ4n) is 2.07. The topological polar surface area (TPSA) is 90.7 Å². The van der Waals surface area contributed by atoms with Gasteiger partial charge in [-0.15, -0.1) is 0 Å². The van der Waals surface area contributed by atoms with Crippen LogP contribution in [-0.4, -0.2) is 24.0 Å². The standard InChI is InChI=1S/C17H18N2O5/c1-11-6-4-5-7-15(11)24-12(2)17(20)18-14-10-13(19(21)22)8-9-16(14)23-3/h4-10,12H,1-3H3,(H,18,20). The second-order valence-corrected chi connectivity index (χ2v) is 5.16. The minimum Gasteiger partial charge on any atom is -0.495 e. The zero-order valence-electron chi connectivity index (χ0n) is 13.6. The third-order valence-electron chi connectivity index (χ3n) is 3.42. The Morgan fingerprint density at radius 1 is 1.21 bits per heavy atom. The molecule has 0 bridgehead atoms. The Morgan fingerprint density at radius 2 is 1.92 bits per heavy atom. The largest absolute Gasteiger partial charge is 0.495 e. The van der Waals surface area contributed by atoms with Crippen LogP contribution in [0.2, 0.25) is 0 Å². The van der Waals surface area contributed by atoms with Gasteiger partial charge in [0.15, 0.2) is 6.10 Å². The summed E-state index contributed by atoms with van der Waals surface area (Å²) >= 11 is 0. The van der Waals surface area contributed by atoms with Gasteiger partial charge in [-0.25, -0.2) is 0 Å². The molecule has 1 unspecified atom stereocenters. The molecule has 2 rings (SSSR count). The number of benzene rings is 2. The normalized spacial score (nSPS) is 11.5. The van der Waals surface area contributed by atoms with Crippen molar-refractivity contribution in [2.24, 2.45) is 0 Å². The van der Waals surface area contributed by atoms with Crippen molar-refractivity contribution in [3.63, 3.8) is 0 Å². The molecule has 126 valence electrons. The van der Waals surface area contributed by atoms with Crippen molar-refractivity contribution >= 4 is 17.3 Å². The van der Waals surface area contributed by atoms with E-state index >= 15 is 0 Å². The molecule has 0 fully saturated rings. The number of nitrogens with zero attached hydrogens (tertiary/aromatic N) is 1. The van der Waals surface area contributed by atoms with Crippen LogP contribution in [0.25, 0.3) is 0 Å². The zero-order chi connectivity index (χ0) is 17.7. The SMILES string of the molecule is COc1ccc([N+](=O)[O-])cc1NC(=O)C(C)Oc1ccccc1C. The van der Waals surface area contributed by atoms with Crippen molar-refractivity contribution in [3.8, 4) is 11.5 Å². The van der Waals surface area contributed by atoms with E-state index in [4.69, 9.17) is 9.47 Å². The molecular formula is C17H18N2O5. The molecule has 0 spiro atoms. The quantitative estimate of drug-likeness (QED) is 0.648. The minimum absolute atomic E-state index is 0.140. The van der Waals surface area contributed by atoms with E-state index in [2.05, 4.69) is 5.32 Å². The highest BCUT2D eigenvalue weighted by molar-refractivity contribution is 5.95. The first-order valence-electron chi connectivity index (χ1n) is 7.28. The number of anilines is 1. The maximum atomic E-state index is 12.3. The fraction of sp³-hybridized carbons (Fsp3) is 0.235. The highest BCUT2D eigenvalue weighted by Gasteiger charge is 2.19. The van der Waals surface area contributed by atoms with Crippen LogP contribution in [0.4, 0.5) is 11.4 Å². The molecule has 7 nitrogen and oxygen atoms in total. The van der Waals surface area contributed by atoms with Crippen molar-refractivity contribution in [3.05, 3.63) is 58.1 Å². The van der Waals surface area contributed by atoms with Gasteiger partial charge in [0.1, 0.15) is 11.5 Å². The second kappa shape index (κ2) is 7.45. The third kappa shape index (κ3) is 4.01. The summed E-state index contributed by atoms with van der Waals surface area (Å²) in [7, 11) is 1.42. The summed E-state index contributed by atoms with van der Waals surface area (Å²) in [6, 6.07) is 11.3. The van der Waals surface area contributed by atoms with Crippen LogP contribution in [0, 0.1) is 17.0 Å². The zero-order valence-corrected chi connectivity index (χ0v) is 13.6. The summed E-state index contributed by atoms with van der Waals surface area (Å²) in [4.78, 5) is 22.7. The van der Waals surface area contributed by atoms with E-state index in [0.717, 1.165) is 5.56 Å². The summed E-state index contributed by atoms with van der Waals surface area (Å²) in [6.07, 6.45) is -0.782. The summed E-state index contributed by atoms with van der Waals surface area (Å²) in [5, 5.41) is 13.5. The molecule has 1 atom stereocenters.